The molecule has 4 rings (SSSR count). The van der Waals surface area contributed by atoms with Crippen molar-refractivity contribution in [3.05, 3.63) is 58.1 Å². The molecule has 146 valence electrons. The van der Waals surface area contributed by atoms with Gasteiger partial charge in [-0.1, -0.05) is 18.2 Å². The Hall–Kier alpha value is -2.47. The lowest BCUT2D eigenvalue weighted by atomic mass is 10.2. The van der Waals surface area contributed by atoms with E-state index in [9.17, 15) is 18.5 Å². The van der Waals surface area contributed by atoms with Crippen LogP contribution in [0.25, 0.3) is 11.0 Å². The summed E-state index contributed by atoms with van der Waals surface area (Å²) in [6, 6.07) is 11.5. The molecule has 1 fully saturated rings. The van der Waals surface area contributed by atoms with Crippen LogP contribution < -0.4 is 0 Å². The normalized spacial score (nSPS) is 16.4. The van der Waals surface area contributed by atoms with Gasteiger partial charge >= 0.3 is 0 Å². The molecule has 0 amide bonds. The van der Waals surface area contributed by atoms with Gasteiger partial charge in [-0.05, 0) is 17.7 Å². The third-order valence-corrected chi connectivity index (χ3v) is 7.20. The van der Waals surface area contributed by atoms with Crippen LogP contribution in [-0.2, 0) is 16.6 Å². The second-order valence-electron chi connectivity index (χ2n) is 6.50. The number of rotatable bonds is 5. The maximum absolute atomic E-state index is 13.1. The Bertz CT molecular complexity index is 1120. The molecule has 0 aliphatic carbocycles. The molecule has 0 atom stereocenters. The highest BCUT2D eigenvalue weighted by molar-refractivity contribution is 7.89. The zero-order chi connectivity index (χ0) is 19.7. The number of sulfonamides is 1. The zero-order valence-electron chi connectivity index (χ0n) is 14.8. The van der Waals surface area contributed by atoms with Gasteiger partial charge in [0.25, 0.3) is 5.69 Å². The van der Waals surface area contributed by atoms with Crippen LogP contribution in [0.2, 0.25) is 0 Å². The predicted octanol–water partition coefficient (Wildman–Crippen LogP) is 2.11. The summed E-state index contributed by atoms with van der Waals surface area (Å²) < 4.78 is 35.8. The third-order valence-electron chi connectivity index (χ3n) is 4.73. The molecule has 0 spiro atoms. The van der Waals surface area contributed by atoms with Crippen LogP contribution in [0.5, 0.6) is 0 Å². The van der Waals surface area contributed by atoms with Crippen LogP contribution in [0.1, 0.15) is 5.56 Å². The van der Waals surface area contributed by atoms with Gasteiger partial charge in [0.15, 0.2) is 0 Å². The lowest BCUT2D eigenvalue weighted by Gasteiger charge is -2.34. The van der Waals surface area contributed by atoms with Gasteiger partial charge in [0.1, 0.15) is 15.9 Å². The molecule has 28 heavy (non-hydrogen) atoms. The van der Waals surface area contributed by atoms with Crippen molar-refractivity contribution in [2.24, 2.45) is 0 Å². The lowest BCUT2D eigenvalue weighted by Crippen LogP contribution is -2.48. The number of nitro groups is 1. The number of hydrogen-bond acceptors (Lipinski definition) is 8. The second-order valence-corrected chi connectivity index (χ2v) is 8.93. The molecule has 1 aliphatic rings. The van der Waals surface area contributed by atoms with E-state index < -0.39 is 14.9 Å². The van der Waals surface area contributed by atoms with Crippen molar-refractivity contribution < 1.29 is 13.3 Å². The minimum atomic E-state index is -3.65. The van der Waals surface area contributed by atoms with Gasteiger partial charge in [0.2, 0.25) is 10.0 Å². The van der Waals surface area contributed by atoms with E-state index in [1.807, 2.05) is 6.07 Å². The Morgan fingerprint density at radius 2 is 1.82 bits per heavy atom. The Balaban J connectivity index is 1.46. The van der Waals surface area contributed by atoms with E-state index in [2.05, 4.69) is 13.6 Å². The highest BCUT2D eigenvalue weighted by Gasteiger charge is 2.30. The number of aromatic nitrogens is 2. The molecule has 0 unspecified atom stereocenters. The average molecular weight is 419 g/mol. The smallest absolute Gasteiger partial charge is 0.269 e. The number of non-ortho nitro benzene ring substituents is 1. The van der Waals surface area contributed by atoms with Gasteiger partial charge in [-0.3, -0.25) is 15.0 Å². The molecule has 3 aromatic rings. The van der Waals surface area contributed by atoms with Gasteiger partial charge in [-0.25, -0.2) is 8.42 Å². The van der Waals surface area contributed by atoms with E-state index in [0.717, 1.165) is 17.3 Å². The molecule has 2 heterocycles. The molecular weight excluding hydrogens is 402 g/mol. The molecule has 11 heteroatoms. The molecule has 9 nitrogen and oxygen atoms in total. The van der Waals surface area contributed by atoms with Gasteiger partial charge in [-0.15, -0.1) is 0 Å². The molecule has 0 radical (unpaired) electrons. The van der Waals surface area contributed by atoms with Crippen molar-refractivity contribution in [3.63, 3.8) is 0 Å². The molecule has 1 saturated heterocycles. The Kier molecular flexibility index (Phi) is 5.06. The van der Waals surface area contributed by atoms with Crippen LogP contribution in [0.3, 0.4) is 0 Å². The number of nitro benzene ring substituents is 1. The van der Waals surface area contributed by atoms with Crippen LogP contribution in [-0.4, -0.2) is 57.5 Å². The number of piperazine rings is 1. The predicted molar refractivity (Wildman–Crippen MR) is 105 cm³/mol. The van der Waals surface area contributed by atoms with Gasteiger partial charge in [0, 0.05) is 44.9 Å². The summed E-state index contributed by atoms with van der Waals surface area (Å²) in [5.74, 6) is 0. The Morgan fingerprint density at radius 3 is 2.57 bits per heavy atom. The fourth-order valence-electron chi connectivity index (χ4n) is 3.28. The first kappa shape index (κ1) is 18.9. The van der Waals surface area contributed by atoms with E-state index in [1.165, 1.54) is 10.4 Å². The van der Waals surface area contributed by atoms with Crippen LogP contribution in [0.4, 0.5) is 5.69 Å². The topological polar surface area (TPSA) is 110 Å². The van der Waals surface area contributed by atoms with Crippen molar-refractivity contribution in [1.29, 1.82) is 0 Å². The molecular formula is C17H17N5O4S2. The summed E-state index contributed by atoms with van der Waals surface area (Å²) in [5, 5.41) is 10.9. The van der Waals surface area contributed by atoms with Crippen molar-refractivity contribution in [2.75, 3.05) is 26.2 Å². The third kappa shape index (κ3) is 3.61. The summed E-state index contributed by atoms with van der Waals surface area (Å²) in [6.45, 7) is 2.35. The van der Waals surface area contributed by atoms with E-state index in [1.54, 1.807) is 30.3 Å². The van der Waals surface area contributed by atoms with Crippen molar-refractivity contribution in [2.45, 2.75) is 11.4 Å². The number of fused-ring (bicyclic) bond motifs is 1. The highest BCUT2D eigenvalue weighted by atomic mass is 32.2. The Morgan fingerprint density at radius 1 is 1.07 bits per heavy atom. The first-order valence-corrected chi connectivity index (χ1v) is 10.8. The van der Waals surface area contributed by atoms with Gasteiger partial charge in [-0.2, -0.15) is 13.1 Å². The van der Waals surface area contributed by atoms with E-state index in [0.29, 0.717) is 43.8 Å². The van der Waals surface area contributed by atoms with E-state index >= 15 is 0 Å². The molecule has 0 bridgehead atoms. The minimum absolute atomic E-state index is 0.0590. The zero-order valence-corrected chi connectivity index (χ0v) is 16.4. The second kappa shape index (κ2) is 7.51. The highest BCUT2D eigenvalue weighted by Crippen LogP contribution is 2.25. The fraction of sp³-hybridized carbons (Fsp3) is 0.294. The maximum atomic E-state index is 13.1. The van der Waals surface area contributed by atoms with E-state index in [-0.39, 0.29) is 10.6 Å². The number of benzene rings is 2. The summed E-state index contributed by atoms with van der Waals surface area (Å²) in [5.41, 5.74) is 1.88. The van der Waals surface area contributed by atoms with Crippen molar-refractivity contribution in [1.82, 2.24) is 18.0 Å². The standard InChI is InChI=1S/C17H17N5O4S2/c23-22(24)14-4-1-3-13(11-14)12-20-7-9-21(10-8-20)28(25,26)16-6-2-5-15-17(16)19-27-18-15/h1-6,11H,7-10,12H2. The molecule has 1 aliphatic heterocycles. The minimum Gasteiger partial charge on any atom is -0.296 e. The summed E-state index contributed by atoms with van der Waals surface area (Å²) in [4.78, 5) is 12.8. The summed E-state index contributed by atoms with van der Waals surface area (Å²) in [6.07, 6.45) is 0. The van der Waals surface area contributed by atoms with Gasteiger partial charge < -0.3 is 0 Å². The SMILES string of the molecule is O=[N+]([O-])c1cccc(CN2CCN(S(=O)(=O)c3cccc4nsnc34)CC2)c1. The maximum Gasteiger partial charge on any atom is 0.269 e. The van der Waals surface area contributed by atoms with E-state index in [4.69, 9.17) is 0 Å². The largest absolute Gasteiger partial charge is 0.296 e. The van der Waals surface area contributed by atoms with Crippen molar-refractivity contribution in [3.8, 4) is 0 Å². The van der Waals surface area contributed by atoms with Crippen LogP contribution >= 0.6 is 11.7 Å². The first-order valence-electron chi connectivity index (χ1n) is 8.62. The quantitative estimate of drug-likeness (QED) is 0.460. The Labute approximate surface area is 165 Å². The molecule has 0 saturated carbocycles. The average Bonchev–Trinajstić information content (AvgIpc) is 3.17. The molecule has 0 N–H and O–H groups in total. The van der Waals surface area contributed by atoms with Crippen molar-refractivity contribution >= 4 is 38.5 Å². The van der Waals surface area contributed by atoms with Crippen LogP contribution in [0.15, 0.2) is 47.4 Å². The van der Waals surface area contributed by atoms with Gasteiger partial charge in [0.05, 0.1) is 16.7 Å². The monoisotopic (exact) mass is 419 g/mol. The first-order chi connectivity index (χ1) is 13.4. The summed E-state index contributed by atoms with van der Waals surface area (Å²) >= 11 is 0.995. The molecule has 2 aromatic carbocycles. The molecule has 1 aromatic heterocycles. The summed E-state index contributed by atoms with van der Waals surface area (Å²) in [7, 11) is -3.65. The number of nitrogens with zero attached hydrogens (tertiary/aromatic N) is 5. The fourth-order valence-corrected chi connectivity index (χ4v) is 5.46. The number of hydrogen-bond donors (Lipinski definition) is 0. The lowest BCUT2D eigenvalue weighted by molar-refractivity contribution is -0.384. The van der Waals surface area contributed by atoms with Crippen LogP contribution in [0, 0.1) is 10.1 Å².